The molecule has 2 aromatic rings. The van der Waals surface area contributed by atoms with Gasteiger partial charge in [0.2, 0.25) is 12.3 Å². The lowest BCUT2D eigenvalue weighted by atomic mass is 9.90. The highest BCUT2D eigenvalue weighted by Gasteiger charge is 2.36. The van der Waals surface area contributed by atoms with Crippen LogP contribution in [0.1, 0.15) is 31.2 Å². The van der Waals surface area contributed by atoms with Crippen molar-refractivity contribution in [3.63, 3.8) is 0 Å². The van der Waals surface area contributed by atoms with Crippen LogP contribution in [-0.4, -0.2) is 57.9 Å². The van der Waals surface area contributed by atoms with Gasteiger partial charge in [-0.3, -0.25) is 9.78 Å². The van der Waals surface area contributed by atoms with Crippen LogP contribution in [0.2, 0.25) is 0 Å². The molecule has 0 unspecified atom stereocenters. The number of aromatic nitrogens is 4. The van der Waals surface area contributed by atoms with Gasteiger partial charge < -0.3 is 15.5 Å². The Morgan fingerprint density at radius 3 is 2.96 bits per heavy atom. The van der Waals surface area contributed by atoms with Crippen molar-refractivity contribution in [3.05, 3.63) is 24.3 Å². The van der Waals surface area contributed by atoms with E-state index in [1.54, 1.807) is 6.20 Å². The minimum Gasteiger partial charge on any atom is -0.352 e. The van der Waals surface area contributed by atoms with Crippen molar-refractivity contribution in [3.8, 4) is 11.4 Å². The standard InChI is InChI=1S/C18H21F2N7O/c1-2-10-8-27(4-3-22-10)13-7-21-6-12(25-13)16-15-11(17(19)20)5-14(28)26-18(15)24-9-23-16/h6-7,9-11,17,22H,2-5,8H2,1H3,(H,23,24,26,28)/t10-,11+/m0/s1. The van der Waals surface area contributed by atoms with E-state index in [4.69, 9.17) is 0 Å². The molecule has 2 aliphatic heterocycles. The third kappa shape index (κ3) is 3.51. The summed E-state index contributed by atoms with van der Waals surface area (Å²) in [5.74, 6) is -0.951. The van der Waals surface area contributed by atoms with Gasteiger partial charge in [0.1, 0.15) is 23.7 Å². The van der Waals surface area contributed by atoms with E-state index in [9.17, 15) is 13.6 Å². The molecule has 0 aromatic carbocycles. The molecule has 1 fully saturated rings. The average Bonchev–Trinajstić information content (AvgIpc) is 2.72. The molecule has 4 heterocycles. The zero-order valence-electron chi connectivity index (χ0n) is 15.4. The summed E-state index contributed by atoms with van der Waals surface area (Å²) in [5, 5.41) is 6.00. The Morgan fingerprint density at radius 1 is 1.32 bits per heavy atom. The molecule has 28 heavy (non-hydrogen) atoms. The molecule has 0 spiro atoms. The number of fused-ring (bicyclic) bond motifs is 1. The maximum Gasteiger partial charge on any atom is 0.246 e. The van der Waals surface area contributed by atoms with Crippen LogP contribution in [0.3, 0.4) is 0 Å². The smallest absolute Gasteiger partial charge is 0.246 e. The lowest BCUT2D eigenvalue weighted by Gasteiger charge is -2.34. The maximum absolute atomic E-state index is 13.6. The van der Waals surface area contributed by atoms with Crippen LogP contribution in [0.15, 0.2) is 18.7 Å². The van der Waals surface area contributed by atoms with Crippen LogP contribution < -0.4 is 15.5 Å². The number of carbonyl (C=O) groups excluding carboxylic acids is 1. The molecule has 148 valence electrons. The summed E-state index contributed by atoms with van der Waals surface area (Å²) in [6.07, 6.45) is 2.40. The van der Waals surface area contributed by atoms with Gasteiger partial charge in [0.15, 0.2) is 0 Å². The minimum absolute atomic E-state index is 0.118. The summed E-state index contributed by atoms with van der Waals surface area (Å²) < 4.78 is 27.3. The van der Waals surface area contributed by atoms with Crippen molar-refractivity contribution >= 4 is 17.5 Å². The van der Waals surface area contributed by atoms with E-state index in [1.807, 2.05) is 0 Å². The highest BCUT2D eigenvalue weighted by Crippen LogP contribution is 2.40. The van der Waals surface area contributed by atoms with Crippen LogP contribution in [0.5, 0.6) is 0 Å². The largest absolute Gasteiger partial charge is 0.352 e. The van der Waals surface area contributed by atoms with Gasteiger partial charge in [-0.05, 0) is 6.42 Å². The summed E-state index contributed by atoms with van der Waals surface area (Å²) >= 11 is 0. The molecular weight excluding hydrogens is 368 g/mol. The van der Waals surface area contributed by atoms with Crippen LogP contribution in [-0.2, 0) is 4.79 Å². The predicted molar refractivity (Wildman–Crippen MR) is 99.3 cm³/mol. The Morgan fingerprint density at radius 2 is 2.18 bits per heavy atom. The van der Waals surface area contributed by atoms with Gasteiger partial charge in [-0.25, -0.2) is 23.7 Å². The predicted octanol–water partition coefficient (Wildman–Crippen LogP) is 1.81. The second kappa shape index (κ2) is 7.70. The summed E-state index contributed by atoms with van der Waals surface area (Å²) in [6.45, 7) is 4.54. The zero-order chi connectivity index (χ0) is 19.7. The van der Waals surface area contributed by atoms with Crippen molar-refractivity contribution < 1.29 is 13.6 Å². The number of carbonyl (C=O) groups is 1. The number of rotatable bonds is 4. The molecule has 1 amide bonds. The highest BCUT2D eigenvalue weighted by molar-refractivity contribution is 5.95. The number of hydrogen-bond donors (Lipinski definition) is 2. The number of anilines is 2. The van der Waals surface area contributed by atoms with Gasteiger partial charge in [-0.2, -0.15) is 0 Å². The van der Waals surface area contributed by atoms with Crippen LogP contribution >= 0.6 is 0 Å². The van der Waals surface area contributed by atoms with Gasteiger partial charge in [-0.1, -0.05) is 6.92 Å². The second-order valence-electron chi connectivity index (χ2n) is 6.95. The first-order valence-electron chi connectivity index (χ1n) is 9.30. The molecule has 2 aromatic heterocycles. The quantitative estimate of drug-likeness (QED) is 0.823. The van der Waals surface area contributed by atoms with E-state index in [2.05, 4.69) is 42.4 Å². The summed E-state index contributed by atoms with van der Waals surface area (Å²) in [5.41, 5.74) is 0.895. The molecule has 0 bridgehead atoms. The van der Waals surface area contributed by atoms with Gasteiger partial charge in [0, 0.05) is 37.7 Å². The SMILES string of the molecule is CC[C@H]1CN(c2cncc(-c3ncnc4c3[C@H](C(F)F)CC(=O)N4)n2)CCN1. The van der Waals surface area contributed by atoms with Crippen molar-refractivity contribution in [2.75, 3.05) is 29.9 Å². The molecule has 10 heteroatoms. The van der Waals surface area contributed by atoms with Crippen LogP contribution in [0.4, 0.5) is 20.4 Å². The fourth-order valence-corrected chi connectivity index (χ4v) is 3.68. The number of hydrogen-bond acceptors (Lipinski definition) is 7. The topological polar surface area (TPSA) is 95.9 Å². The van der Waals surface area contributed by atoms with Crippen molar-refractivity contribution in [1.82, 2.24) is 25.3 Å². The van der Waals surface area contributed by atoms with Crippen molar-refractivity contribution in [2.24, 2.45) is 0 Å². The van der Waals surface area contributed by atoms with Gasteiger partial charge >= 0.3 is 0 Å². The maximum atomic E-state index is 13.6. The van der Waals surface area contributed by atoms with E-state index < -0.39 is 18.3 Å². The van der Waals surface area contributed by atoms with E-state index >= 15 is 0 Å². The Labute approximate surface area is 160 Å². The Balaban J connectivity index is 1.73. The number of amides is 1. The molecular formula is C18H21F2N7O. The van der Waals surface area contributed by atoms with E-state index in [-0.39, 0.29) is 23.5 Å². The first-order valence-corrected chi connectivity index (χ1v) is 9.30. The normalized spacial score (nSPS) is 22.1. The molecule has 0 saturated carbocycles. The molecule has 2 atom stereocenters. The van der Waals surface area contributed by atoms with Gasteiger partial charge in [0.25, 0.3) is 0 Å². The molecule has 0 radical (unpaired) electrons. The first-order chi connectivity index (χ1) is 13.6. The van der Waals surface area contributed by atoms with Crippen LogP contribution in [0.25, 0.3) is 11.4 Å². The van der Waals surface area contributed by atoms with Crippen molar-refractivity contribution in [1.29, 1.82) is 0 Å². The number of nitrogens with one attached hydrogen (secondary N) is 2. The number of piperazine rings is 1. The third-order valence-corrected chi connectivity index (χ3v) is 5.16. The monoisotopic (exact) mass is 389 g/mol. The van der Waals surface area contributed by atoms with E-state index in [1.165, 1.54) is 12.5 Å². The molecule has 1 saturated heterocycles. The van der Waals surface area contributed by atoms with E-state index in [0.717, 1.165) is 26.1 Å². The Hall–Kier alpha value is -2.75. The molecule has 4 rings (SSSR count). The highest BCUT2D eigenvalue weighted by atomic mass is 19.3. The van der Waals surface area contributed by atoms with Crippen LogP contribution in [0, 0.1) is 0 Å². The molecule has 8 nitrogen and oxygen atoms in total. The molecule has 2 N–H and O–H groups in total. The number of alkyl halides is 2. The summed E-state index contributed by atoms with van der Waals surface area (Å²) in [4.78, 5) is 31.0. The summed E-state index contributed by atoms with van der Waals surface area (Å²) in [7, 11) is 0. The fraction of sp³-hybridized carbons (Fsp3) is 0.500. The second-order valence-corrected chi connectivity index (χ2v) is 6.95. The molecule has 0 aliphatic carbocycles. The van der Waals surface area contributed by atoms with Gasteiger partial charge in [0.05, 0.1) is 24.0 Å². The fourth-order valence-electron chi connectivity index (χ4n) is 3.68. The Bertz CT molecular complexity index is 879. The lowest BCUT2D eigenvalue weighted by molar-refractivity contribution is -0.117. The first kappa shape index (κ1) is 18.6. The van der Waals surface area contributed by atoms with Crippen molar-refractivity contribution in [2.45, 2.75) is 38.2 Å². The third-order valence-electron chi connectivity index (χ3n) is 5.16. The zero-order valence-corrected chi connectivity index (χ0v) is 15.4. The van der Waals surface area contributed by atoms with Gasteiger partial charge in [-0.15, -0.1) is 0 Å². The lowest BCUT2D eigenvalue weighted by Crippen LogP contribution is -2.50. The minimum atomic E-state index is -2.70. The molecule has 2 aliphatic rings. The summed E-state index contributed by atoms with van der Waals surface area (Å²) in [6, 6.07) is 0.365. The average molecular weight is 389 g/mol. The Kier molecular flexibility index (Phi) is 5.12. The number of halogens is 2. The van der Waals surface area contributed by atoms with E-state index in [0.29, 0.717) is 17.6 Å². The number of nitrogens with zero attached hydrogens (tertiary/aromatic N) is 5.